The summed E-state index contributed by atoms with van der Waals surface area (Å²) < 4.78 is 0. The molecule has 1 saturated carbocycles. The lowest BCUT2D eigenvalue weighted by Crippen LogP contribution is -2.30. The zero-order valence-electron chi connectivity index (χ0n) is 9.29. The van der Waals surface area contributed by atoms with Crippen LogP contribution in [0.3, 0.4) is 0 Å². The number of carbonyl (C=O) groups excluding carboxylic acids is 1. The van der Waals surface area contributed by atoms with E-state index < -0.39 is 0 Å². The van der Waals surface area contributed by atoms with Crippen LogP contribution in [0.4, 0.5) is 5.69 Å². The van der Waals surface area contributed by atoms with Crippen LogP contribution in [0.2, 0.25) is 0 Å². The minimum Gasteiger partial charge on any atom is -0.351 e. The van der Waals surface area contributed by atoms with E-state index in [1.54, 1.807) is 12.3 Å². The summed E-state index contributed by atoms with van der Waals surface area (Å²) in [6.45, 7) is 2.89. The second-order valence-electron chi connectivity index (χ2n) is 4.56. The molecule has 0 unspecified atom stereocenters. The zero-order chi connectivity index (χ0) is 11.6. The lowest BCUT2D eigenvalue weighted by atomic mass is 10.1. The minimum atomic E-state index is -0.108. The van der Waals surface area contributed by atoms with Crippen molar-refractivity contribution in [2.75, 3.05) is 12.0 Å². The number of hydrogen-bond acceptors (Lipinski definition) is 4. The summed E-state index contributed by atoms with van der Waals surface area (Å²) in [5.74, 6) is 5.20. The van der Waals surface area contributed by atoms with E-state index in [0.717, 1.165) is 6.54 Å². The third-order valence-electron chi connectivity index (χ3n) is 3.00. The number of amides is 1. The third-order valence-corrected chi connectivity index (χ3v) is 3.00. The first-order chi connectivity index (χ1) is 7.64. The van der Waals surface area contributed by atoms with Crippen LogP contribution < -0.4 is 16.6 Å². The Morgan fingerprint density at radius 3 is 3.00 bits per heavy atom. The number of aromatic nitrogens is 1. The van der Waals surface area contributed by atoms with Crippen molar-refractivity contribution in [3.8, 4) is 0 Å². The Labute approximate surface area is 94.4 Å². The molecule has 1 fully saturated rings. The summed E-state index contributed by atoms with van der Waals surface area (Å²) in [4.78, 5) is 15.8. The van der Waals surface area contributed by atoms with Crippen molar-refractivity contribution in [2.45, 2.75) is 19.8 Å². The number of nitrogens with two attached hydrogens (primary N) is 1. The molecule has 4 N–H and O–H groups in total. The number of nitrogens with one attached hydrogen (secondary N) is 2. The second kappa shape index (κ2) is 4.09. The van der Waals surface area contributed by atoms with Gasteiger partial charge in [0, 0.05) is 12.7 Å². The van der Waals surface area contributed by atoms with E-state index in [1.165, 1.54) is 19.0 Å². The Kier molecular flexibility index (Phi) is 2.78. The van der Waals surface area contributed by atoms with Gasteiger partial charge in [-0.2, -0.15) is 0 Å². The number of carbonyl (C=O) groups is 1. The number of rotatable bonds is 4. The van der Waals surface area contributed by atoms with E-state index in [-0.39, 0.29) is 5.91 Å². The summed E-state index contributed by atoms with van der Waals surface area (Å²) in [7, 11) is 0. The number of pyridine rings is 1. The van der Waals surface area contributed by atoms with E-state index >= 15 is 0 Å². The van der Waals surface area contributed by atoms with Gasteiger partial charge in [0.2, 0.25) is 0 Å². The molecule has 1 aliphatic rings. The molecule has 0 aliphatic heterocycles. The van der Waals surface area contributed by atoms with Gasteiger partial charge in [-0.3, -0.25) is 15.6 Å². The topological polar surface area (TPSA) is 80.0 Å². The quantitative estimate of drug-likeness (QED) is 0.520. The third kappa shape index (κ3) is 2.30. The number of nitrogens with zero attached hydrogens (tertiary/aromatic N) is 1. The Morgan fingerprint density at radius 2 is 2.38 bits per heavy atom. The van der Waals surface area contributed by atoms with Crippen LogP contribution in [-0.4, -0.2) is 17.4 Å². The molecule has 0 aromatic carbocycles. The van der Waals surface area contributed by atoms with Gasteiger partial charge in [0.05, 0.1) is 17.4 Å². The van der Waals surface area contributed by atoms with Gasteiger partial charge in [-0.1, -0.05) is 6.92 Å². The predicted molar refractivity (Wildman–Crippen MR) is 61.7 cm³/mol. The van der Waals surface area contributed by atoms with Gasteiger partial charge in [-0.25, -0.2) is 0 Å². The van der Waals surface area contributed by atoms with Crippen LogP contribution in [0, 0.1) is 5.41 Å². The maximum atomic E-state index is 11.9. The summed E-state index contributed by atoms with van der Waals surface area (Å²) in [6.07, 6.45) is 5.49. The van der Waals surface area contributed by atoms with E-state index in [4.69, 9.17) is 5.84 Å². The van der Waals surface area contributed by atoms with Crippen molar-refractivity contribution in [2.24, 2.45) is 11.3 Å². The predicted octanol–water partition coefficient (Wildman–Crippen LogP) is 0.897. The number of hydrazine groups is 1. The average molecular weight is 220 g/mol. The van der Waals surface area contributed by atoms with E-state index in [2.05, 4.69) is 22.7 Å². The highest BCUT2D eigenvalue weighted by molar-refractivity contribution is 5.99. The van der Waals surface area contributed by atoms with E-state index in [1.807, 2.05) is 0 Å². The number of nitrogen functional groups attached to an aromatic ring is 1. The first-order valence-electron chi connectivity index (χ1n) is 5.33. The SMILES string of the molecule is CC1(CNC(=O)c2ccncc2NN)CC1. The molecule has 1 aliphatic carbocycles. The van der Waals surface area contributed by atoms with Gasteiger partial charge >= 0.3 is 0 Å². The Morgan fingerprint density at radius 1 is 1.62 bits per heavy atom. The van der Waals surface area contributed by atoms with Gasteiger partial charge < -0.3 is 10.7 Å². The smallest absolute Gasteiger partial charge is 0.253 e. The van der Waals surface area contributed by atoms with Gasteiger partial charge in [0.25, 0.3) is 5.91 Å². The molecule has 1 amide bonds. The fraction of sp³-hybridized carbons (Fsp3) is 0.455. The van der Waals surface area contributed by atoms with Crippen molar-refractivity contribution in [1.82, 2.24) is 10.3 Å². The fourth-order valence-electron chi connectivity index (χ4n) is 1.49. The largest absolute Gasteiger partial charge is 0.351 e. The normalized spacial score (nSPS) is 16.6. The summed E-state index contributed by atoms with van der Waals surface area (Å²) in [5.41, 5.74) is 3.84. The summed E-state index contributed by atoms with van der Waals surface area (Å²) >= 11 is 0. The lowest BCUT2D eigenvalue weighted by Gasteiger charge is -2.12. The van der Waals surface area contributed by atoms with E-state index in [9.17, 15) is 4.79 Å². The van der Waals surface area contributed by atoms with Gasteiger partial charge in [-0.15, -0.1) is 0 Å². The molecule has 86 valence electrons. The number of hydrogen-bond donors (Lipinski definition) is 3. The number of anilines is 1. The van der Waals surface area contributed by atoms with Crippen molar-refractivity contribution in [3.05, 3.63) is 24.0 Å². The molecule has 5 heteroatoms. The molecule has 16 heavy (non-hydrogen) atoms. The van der Waals surface area contributed by atoms with Gasteiger partial charge in [-0.05, 0) is 24.3 Å². The van der Waals surface area contributed by atoms with Crippen LogP contribution in [-0.2, 0) is 0 Å². The first-order valence-corrected chi connectivity index (χ1v) is 5.33. The molecular weight excluding hydrogens is 204 g/mol. The van der Waals surface area contributed by atoms with Crippen molar-refractivity contribution >= 4 is 11.6 Å². The maximum Gasteiger partial charge on any atom is 0.253 e. The fourth-order valence-corrected chi connectivity index (χ4v) is 1.49. The molecular formula is C11H16N4O. The van der Waals surface area contributed by atoms with Crippen LogP contribution in [0.1, 0.15) is 30.1 Å². The highest BCUT2D eigenvalue weighted by atomic mass is 16.1. The second-order valence-corrected chi connectivity index (χ2v) is 4.56. The molecule has 1 aromatic heterocycles. The standard InChI is InChI=1S/C11H16N4O/c1-11(3-4-11)7-14-10(16)8-2-5-13-6-9(8)15-12/h2,5-6,15H,3-4,7,12H2,1H3,(H,14,16). The molecule has 0 spiro atoms. The maximum absolute atomic E-state index is 11.9. The van der Waals surface area contributed by atoms with Crippen molar-refractivity contribution in [3.63, 3.8) is 0 Å². The highest BCUT2D eigenvalue weighted by Crippen LogP contribution is 2.44. The van der Waals surface area contributed by atoms with E-state index in [0.29, 0.717) is 16.7 Å². The molecule has 1 aromatic rings. The Balaban J connectivity index is 2.02. The monoisotopic (exact) mass is 220 g/mol. The summed E-state index contributed by atoms with van der Waals surface area (Å²) in [6, 6.07) is 1.65. The lowest BCUT2D eigenvalue weighted by molar-refractivity contribution is 0.0947. The van der Waals surface area contributed by atoms with Gasteiger partial charge in [0.15, 0.2) is 0 Å². The molecule has 0 atom stereocenters. The minimum absolute atomic E-state index is 0.108. The molecule has 0 saturated heterocycles. The van der Waals surface area contributed by atoms with Crippen LogP contribution in [0.25, 0.3) is 0 Å². The summed E-state index contributed by atoms with van der Waals surface area (Å²) in [5, 5.41) is 2.91. The van der Waals surface area contributed by atoms with Gasteiger partial charge in [0.1, 0.15) is 0 Å². The molecule has 5 nitrogen and oxygen atoms in total. The molecule has 0 bridgehead atoms. The average Bonchev–Trinajstić information content (AvgIpc) is 3.05. The Hall–Kier alpha value is -1.62. The van der Waals surface area contributed by atoms with Crippen LogP contribution >= 0.6 is 0 Å². The molecule has 1 heterocycles. The first kappa shape index (κ1) is 10.9. The molecule has 0 radical (unpaired) electrons. The molecule has 2 rings (SSSR count). The Bertz CT molecular complexity index is 401. The van der Waals surface area contributed by atoms with Crippen LogP contribution in [0.5, 0.6) is 0 Å². The van der Waals surface area contributed by atoms with Crippen molar-refractivity contribution < 1.29 is 4.79 Å². The highest BCUT2D eigenvalue weighted by Gasteiger charge is 2.37. The van der Waals surface area contributed by atoms with Crippen molar-refractivity contribution in [1.29, 1.82) is 0 Å². The zero-order valence-corrected chi connectivity index (χ0v) is 9.29. The van der Waals surface area contributed by atoms with Crippen LogP contribution in [0.15, 0.2) is 18.5 Å².